The first-order valence-corrected chi connectivity index (χ1v) is 8.92. The number of hydrogen-bond donors (Lipinski definition) is 1. The third kappa shape index (κ3) is 3.68. The van der Waals surface area contributed by atoms with Gasteiger partial charge in [-0.2, -0.15) is 4.98 Å². The van der Waals surface area contributed by atoms with Crippen LogP contribution >= 0.6 is 0 Å². The molecule has 0 radical (unpaired) electrons. The van der Waals surface area contributed by atoms with E-state index in [1.807, 2.05) is 0 Å². The molecule has 1 saturated carbocycles. The van der Waals surface area contributed by atoms with Gasteiger partial charge < -0.3 is 14.7 Å². The highest BCUT2D eigenvalue weighted by Crippen LogP contribution is 2.38. The lowest BCUT2D eigenvalue weighted by molar-refractivity contribution is 0.173. The Kier molecular flexibility index (Phi) is 4.57. The number of nitrogens with zero attached hydrogens (tertiary/aromatic N) is 3. The smallest absolute Gasteiger partial charge is 0.322 e. The highest BCUT2D eigenvalue weighted by atomic mass is 19.1. The molecule has 138 valence electrons. The van der Waals surface area contributed by atoms with E-state index < -0.39 is 23.4 Å². The summed E-state index contributed by atoms with van der Waals surface area (Å²) in [7, 11) is 0. The maximum absolute atomic E-state index is 13.7. The molecule has 1 aromatic heterocycles. The molecule has 26 heavy (non-hydrogen) atoms. The summed E-state index contributed by atoms with van der Waals surface area (Å²) in [6, 6.07) is 3.00. The molecule has 1 unspecified atom stereocenters. The van der Waals surface area contributed by atoms with Crippen molar-refractivity contribution < 1.29 is 18.1 Å². The van der Waals surface area contributed by atoms with E-state index in [-0.39, 0.29) is 5.92 Å². The first-order valence-electron chi connectivity index (χ1n) is 8.92. The number of carbonyl (C=O) groups excluding carboxylic acids is 1. The van der Waals surface area contributed by atoms with Crippen LogP contribution in [0.5, 0.6) is 0 Å². The van der Waals surface area contributed by atoms with Gasteiger partial charge in [0.2, 0.25) is 5.89 Å². The molecule has 1 saturated heterocycles. The van der Waals surface area contributed by atoms with Gasteiger partial charge in [-0.05, 0) is 43.7 Å². The van der Waals surface area contributed by atoms with E-state index in [0.29, 0.717) is 31.3 Å². The molecule has 0 spiro atoms. The standard InChI is InChI=1S/C18H20F2N4O2/c19-13-4-1-5-14(20)16(13)22-18(25)24-8-2-3-11(10-24)9-15-21-17(23-26-15)12-6-7-12/h1,4-5,11-12H,2-3,6-10H2,(H,22,25). The lowest BCUT2D eigenvalue weighted by Gasteiger charge is -2.32. The monoisotopic (exact) mass is 362 g/mol. The van der Waals surface area contributed by atoms with Crippen LogP contribution in [-0.2, 0) is 6.42 Å². The Hall–Kier alpha value is -2.51. The van der Waals surface area contributed by atoms with Crippen LogP contribution in [0.2, 0.25) is 0 Å². The SMILES string of the molecule is O=C(Nc1c(F)cccc1F)N1CCCC(Cc2nc(C3CC3)no2)C1. The van der Waals surface area contributed by atoms with Crippen LogP contribution in [0.15, 0.2) is 22.7 Å². The first kappa shape index (κ1) is 16.9. The van der Waals surface area contributed by atoms with Crippen LogP contribution in [0.3, 0.4) is 0 Å². The molecular weight excluding hydrogens is 342 g/mol. The molecule has 4 rings (SSSR count). The highest BCUT2D eigenvalue weighted by Gasteiger charge is 2.30. The minimum Gasteiger partial charge on any atom is -0.339 e. The molecular formula is C18H20F2N4O2. The zero-order valence-corrected chi connectivity index (χ0v) is 14.3. The van der Waals surface area contributed by atoms with Gasteiger partial charge in [0, 0.05) is 25.4 Å². The van der Waals surface area contributed by atoms with Crippen molar-refractivity contribution in [3.63, 3.8) is 0 Å². The van der Waals surface area contributed by atoms with Crippen molar-refractivity contribution in [2.24, 2.45) is 5.92 Å². The first-order chi connectivity index (χ1) is 12.6. The van der Waals surface area contributed by atoms with E-state index in [1.54, 1.807) is 4.90 Å². The van der Waals surface area contributed by atoms with Crippen LogP contribution < -0.4 is 5.32 Å². The Morgan fingerprint density at radius 3 is 2.77 bits per heavy atom. The molecule has 1 aliphatic carbocycles. The molecule has 2 amide bonds. The zero-order chi connectivity index (χ0) is 18.1. The lowest BCUT2D eigenvalue weighted by Crippen LogP contribution is -2.43. The van der Waals surface area contributed by atoms with E-state index in [9.17, 15) is 13.6 Å². The normalized spacial score (nSPS) is 20.2. The number of halogens is 2. The summed E-state index contributed by atoms with van der Waals surface area (Å²) in [5.41, 5.74) is -0.411. The van der Waals surface area contributed by atoms with Crippen molar-refractivity contribution in [2.45, 2.75) is 38.0 Å². The van der Waals surface area contributed by atoms with Crippen molar-refractivity contribution in [1.82, 2.24) is 15.0 Å². The van der Waals surface area contributed by atoms with Crippen LogP contribution in [-0.4, -0.2) is 34.2 Å². The Balaban J connectivity index is 1.37. The maximum Gasteiger partial charge on any atom is 0.322 e. The van der Waals surface area contributed by atoms with Gasteiger partial charge >= 0.3 is 6.03 Å². The fraction of sp³-hybridized carbons (Fsp3) is 0.500. The van der Waals surface area contributed by atoms with Crippen molar-refractivity contribution in [3.8, 4) is 0 Å². The van der Waals surface area contributed by atoms with Crippen molar-refractivity contribution in [3.05, 3.63) is 41.5 Å². The van der Waals surface area contributed by atoms with E-state index >= 15 is 0 Å². The van der Waals surface area contributed by atoms with Crippen molar-refractivity contribution in [1.29, 1.82) is 0 Å². The number of nitrogens with one attached hydrogen (secondary N) is 1. The van der Waals surface area contributed by atoms with Gasteiger partial charge in [0.1, 0.15) is 17.3 Å². The van der Waals surface area contributed by atoms with Crippen LogP contribution in [0.4, 0.5) is 19.3 Å². The number of carbonyl (C=O) groups is 1. The minimum atomic E-state index is -0.787. The second-order valence-electron chi connectivity index (χ2n) is 7.01. The number of hydrogen-bond acceptors (Lipinski definition) is 4. The molecule has 0 bridgehead atoms. The Morgan fingerprint density at radius 2 is 2.04 bits per heavy atom. The molecule has 6 nitrogen and oxygen atoms in total. The Bertz CT molecular complexity index is 786. The van der Waals surface area contributed by atoms with Crippen molar-refractivity contribution >= 4 is 11.7 Å². The van der Waals surface area contributed by atoms with E-state index in [2.05, 4.69) is 15.5 Å². The van der Waals surface area contributed by atoms with E-state index in [4.69, 9.17) is 4.52 Å². The number of para-hydroxylation sites is 1. The summed E-state index contributed by atoms with van der Waals surface area (Å²) in [5.74, 6) is 0.430. The fourth-order valence-corrected chi connectivity index (χ4v) is 3.32. The number of rotatable bonds is 4. The largest absolute Gasteiger partial charge is 0.339 e. The van der Waals surface area contributed by atoms with E-state index in [1.165, 1.54) is 6.07 Å². The summed E-state index contributed by atoms with van der Waals surface area (Å²) in [4.78, 5) is 18.4. The van der Waals surface area contributed by atoms with Gasteiger partial charge in [0.25, 0.3) is 0 Å². The van der Waals surface area contributed by atoms with Gasteiger partial charge in [-0.1, -0.05) is 11.2 Å². The van der Waals surface area contributed by atoms with Gasteiger partial charge in [0.15, 0.2) is 5.82 Å². The van der Waals surface area contributed by atoms with Crippen molar-refractivity contribution in [2.75, 3.05) is 18.4 Å². The van der Waals surface area contributed by atoms with Gasteiger partial charge in [0.05, 0.1) is 0 Å². The number of anilines is 1. The second kappa shape index (κ2) is 7.01. The van der Waals surface area contributed by atoms with Gasteiger partial charge in [-0.3, -0.25) is 0 Å². The molecule has 2 fully saturated rings. The maximum atomic E-state index is 13.7. The van der Waals surface area contributed by atoms with E-state index in [0.717, 1.165) is 43.6 Å². The number of urea groups is 1. The molecule has 2 heterocycles. The van der Waals surface area contributed by atoms with Gasteiger partial charge in [-0.15, -0.1) is 0 Å². The second-order valence-corrected chi connectivity index (χ2v) is 7.01. The summed E-state index contributed by atoms with van der Waals surface area (Å²) in [6.07, 6.45) is 4.60. The molecule has 2 aromatic rings. The summed E-state index contributed by atoms with van der Waals surface area (Å²) < 4.78 is 32.7. The summed E-state index contributed by atoms with van der Waals surface area (Å²) in [5, 5.41) is 6.36. The molecule has 1 N–H and O–H groups in total. The third-order valence-electron chi connectivity index (χ3n) is 4.89. The minimum absolute atomic E-state index is 0.187. The highest BCUT2D eigenvalue weighted by molar-refractivity contribution is 5.89. The third-order valence-corrected chi connectivity index (χ3v) is 4.89. The topological polar surface area (TPSA) is 71.3 Å². The quantitative estimate of drug-likeness (QED) is 0.900. The summed E-state index contributed by atoms with van der Waals surface area (Å²) >= 11 is 0. The van der Waals surface area contributed by atoms with Gasteiger partial charge in [-0.25, -0.2) is 13.6 Å². The average molecular weight is 362 g/mol. The Morgan fingerprint density at radius 1 is 1.27 bits per heavy atom. The van der Waals surface area contributed by atoms with Crippen LogP contribution in [0.1, 0.15) is 43.3 Å². The number of likely N-dealkylation sites (tertiary alicyclic amines) is 1. The predicted molar refractivity (Wildman–Crippen MR) is 89.7 cm³/mol. The summed E-state index contributed by atoms with van der Waals surface area (Å²) in [6.45, 7) is 1.04. The fourth-order valence-electron chi connectivity index (χ4n) is 3.32. The van der Waals surface area contributed by atoms with Crippen LogP contribution in [0.25, 0.3) is 0 Å². The molecule has 8 heteroatoms. The van der Waals surface area contributed by atoms with Crippen LogP contribution in [0, 0.1) is 17.6 Å². The number of piperidine rings is 1. The Labute approximate surface area is 149 Å². The number of aromatic nitrogens is 2. The molecule has 1 atom stereocenters. The molecule has 1 aromatic carbocycles. The predicted octanol–water partition coefficient (Wildman–Crippen LogP) is 3.71. The molecule has 1 aliphatic heterocycles. The zero-order valence-electron chi connectivity index (χ0n) is 14.3. The number of benzene rings is 1. The number of amides is 2. The molecule has 2 aliphatic rings. The lowest BCUT2D eigenvalue weighted by atomic mass is 9.95. The average Bonchev–Trinajstić information content (AvgIpc) is 3.38.